The van der Waals surface area contributed by atoms with E-state index >= 15 is 0 Å². The molecule has 0 aliphatic carbocycles. The summed E-state index contributed by atoms with van der Waals surface area (Å²) >= 11 is 7.83. The lowest BCUT2D eigenvalue weighted by Gasteiger charge is -2.30. The van der Waals surface area contributed by atoms with E-state index in [9.17, 15) is 30.5 Å². The highest BCUT2D eigenvalue weighted by molar-refractivity contribution is 7.85. The quantitative estimate of drug-likeness (QED) is 0.214. The van der Waals surface area contributed by atoms with Crippen LogP contribution in [-0.2, 0) is 20.7 Å². The number of hydrogen-bond acceptors (Lipinski definition) is 8. The van der Waals surface area contributed by atoms with Crippen LogP contribution in [0.4, 0.5) is 17.6 Å². The van der Waals surface area contributed by atoms with Gasteiger partial charge in [0.2, 0.25) is 0 Å². The van der Waals surface area contributed by atoms with Crippen molar-refractivity contribution in [1.29, 1.82) is 0 Å². The molecule has 0 spiro atoms. The number of benzene rings is 1. The summed E-state index contributed by atoms with van der Waals surface area (Å²) < 4.78 is 85.3. The molecule has 0 saturated carbocycles. The maximum Gasteiger partial charge on any atom is 0.282 e. The first-order valence-corrected chi connectivity index (χ1v) is 15.3. The Kier molecular flexibility index (Phi) is 8.68. The van der Waals surface area contributed by atoms with E-state index in [2.05, 4.69) is 10.3 Å². The third-order valence-electron chi connectivity index (χ3n) is 6.82. The molecular formula is C25H24ClF4N5O4S2. The maximum atomic E-state index is 13.2. The van der Waals surface area contributed by atoms with E-state index in [1.807, 2.05) is 10.3 Å². The number of piperidine rings is 1. The molecule has 0 amide bonds. The van der Waals surface area contributed by atoms with Crippen molar-refractivity contribution in [3.8, 4) is 0 Å². The van der Waals surface area contributed by atoms with E-state index in [4.69, 9.17) is 21.4 Å². The second kappa shape index (κ2) is 12.1. The van der Waals surface area contributed by atoms with E-state index in [-0.39, 0.29) is 5.92 Å². The number of nitrogens with zero attached hydrogens (tertiary/aromatic N) is 5. The first-order chi connectivity index (χ1) is 19.5. The minimum Gasteiger partial charge on any atom is -0.387 e. The Morgan fingerprint density at radius 2 is 1.93 bits per heavy atom. The highest BCUT2D eigenvalue weighted by Crippen LogP contribution is 2.38. The highest BCUT2D eigenvalue weighted by atomic mass is 35.5. The van der Waals surface area contributed by atoms with E-state index in [1.54, 1.807) is 24.4 Å². The number of hydrogen-bond donors (Lipinski definition) is 1. The fraction of sp³-hybridized carbons (Fsp3) is 0.400. The highest BCUT2D eigenvalue weighted by Gasteiger charge is 2.31. The van der Waals surface area contributed by atoms with Crippen molar-refractivity contribution >= 4 is 45.0 Å². The third kappa shape index (κ3) is 6.90. The average molecular weight is 634 g/mol. The van der Waals surface area contributed by atoms with Gasteiger partial charge in [0.15, 0.2) is 6.10 Å². The first kappa shape index (κ1) is 29.5. The zero-order valence-electron chi connectivity index (χ0n) is 21.2. The van der Waals surface area contributed by atoms with Crippen LogP contribution in [-0.4, -0.2) is 51.4 Å². The Morgan fingerprint density at radius 1 is 1.17 bits per heavy atom. The van der Waals surface area contributed by atoms with E-state index < -0.39 is 46.2 Å². The van der Waals surface area contributed by atoms with Gasteiger partial charge in [-0.1, -0.05) is 28.9 Å². The number of thiazole rings is 1. The second-order valence-electron chi connectivity index (χ2n) is 9.59. The van der Waals surface area contributed by atoms with Gasteiger partial charge in [0, 0.05) is 53.8 Å². The van der Waals surface area contributed by atoms with Gasteiger partial charge in [0.1, 0.15) is 22.9 Å². The fourth-order valence-corrected chi connectivity index (χ4v) is 6.79. The minimum atomic E-state index is -4.28. The molecule has 0 radical (unpaired) electrons. The first-order valence-electron chi connectivity index (χ1n) is 12.5. The van der Waals surface area contributed by atoms with Gasteiger partial charge >= 0.3 is 0 Å². The second-order valence-corrected chi connectivity index (χ2v) is 12.3. The number of oxime groups is 1. The van der Waals surface area contributed by atoms with Crippen molar-refractivity contribution in [2.24, 2.45) is 5.16 Å². The summed E-state index contributed by atoms with van der Waals surface area (Å²) in [5, 5.41) is 10.8. The van der Waals surface area contributed by atoms with Crippen LogP contribution in [0.15, 0.2) is 41.0 Å². The van der Waals surface area contributed by atoms with Crippen molar-refractivity contribution in [2.75, 3.05) is 13.1 Å². The zero-order chi connectivity index (χ0) is 29.3. The number of halogens is 5. The van der Waals surface area contributed by atoms with Crippen LogP contribution in [0.25, 0.3) is 6.20 Å². The predicted molar refractivity (Wildman–Crippen MR) is 145 cm³/mol. The van der Waals surface area contributed by atoms with Crippen LogP contribution in [0.3, 0.4) is 0 Å². The molecule has 1 saturated heterocycles. The van der Waals surface area contributed by atoms with Crippen LogP contribution in [0, 0.1) is 0 Å². The molecule has 2 aliphatic heterocycles. The Morgan fingerprint density at radius 3 is 2.61 bits per heavy atom. The lowest BCUT2D eigenvalue weighted by atomic mass is 9.97. The third-order valence-corrected chi connectivity index (χ3v) is 8.83. The maximum absolute atomic E-state index is 13.2. The molecule has 1 N–H and O–H groups in total. The Labute approximate surface area is 241 Å². The van der Waals surface area contributed by atoms with Crippen molar-refractivity contribution in [1.82, 2.24) is 19.7 Å². The van der Waals surface area contributed by atoms with Crippen LogP contribution < -0.4 is 0 Å². The SMILES string of the molecule is O=S(=O)(O)Cc1cccc(Cl)c1[C@H]1CC(c2csc(C3CCN(C=Cn4nc(C(F)F)cc4C(F)F)CC3)n2)=NO1. The van der Waals surface area contributed by atoms with Gasteiger partial charge in [-0.3, -0.25) is 4.55 Å². The average Bonchev–Trinajstić information content (AvgIpc) is 3.66. The fourth-order valence-electron chi connectivity index (χ4n) is 4.83. The zero-order valence-corrected chi connectivity index (χ0v) is 23.6. The van der Waals surface area contributed by atoms with Crippen molar-refractivity contribution in [3.05, 3.63) is 74.1 Å². The van der Waals surface area contributed by atoms with Crippen LogP contribution in [0.1, 0.15) is 77.4 Å². The molecule has 9 nitrogen and oxygen atoms in total. The monoisotopic (exact) mass is 633 g/mol. The minimum absolute atomic E-state index is 0.161. The smallest absolute Gasteiger partial charge is 0.282 e. The predicted octanol–water partition coefficient (Wildman–Crippen LogP) is 6.43. The van der Waals surface area contributed by atoms with Gasteiger partial charge in [-0.25, -0.2) is 27.2 Å². The Bertz CT molecular complexity index is 1570. The molecule has 0 unspecified atom stereocenters. The van der Waals surface area contributed by atoms with E-state index in [0.717, 1.165) is 22.5 Å². The van der Waals surface area contributed by atoms with Crippen LogP contribution in [0.2, 0.25) is 5.02 Å². The summed E-state index contributed by atoms with van der Waals surface area (Å²) in [4.78, 5) is 12.3. The molecule has 2 aliphatic rings. The lowest BCUT2D eigenvalue weighted by molar-refractivity contribution is 0.0853. The molecule has 2 aromatic heterocycles. The van der Waals surface area contributed by atoms with Crippen molar-refractivity contribution in [3.63, 3.8) is 0 Å². The standard InChI is InChI=1S/C25H24ClF4N5O4S2/c26-16-3-1-2-15(13-41(36,37)38)22(16)21-11-17(33-39-21)19-12-40-25(31-19)14-4-6-34(7-5-14)8-9-35-20(24(29)30)10-18(32-35)23(27)28/h1-3,8-10,12,14,21,23-24H,4-7,11,13H2,(H,36,37,38)/t21-/m1/s1. The number of likely N-dealkylation sites (tertiary alicyclic amines) is 1. The number of rotatable bonds is 9. The van der Waals surface area contributed by atoms with Crippen molar-refractivity contribution < 1.29 is 35.4 Å². The Balaban J connectivity index is 1.20. The Hall–Kier alpha value is -3.01. The number of alkyl halides is 4. The molecule has 0 bridgehead atoms. The molecular weight excluding hydrogens is 610 g/mol. The molecule has 5 rings (SSSR count). The number of aromatic nitrogens is 3. The molecule has 4 heterocycles. The molecule has 3 aromatic rings. The van der Waals surface area contributed by atoms with Crippen molar-refractivity contribution in [2.45, 2.75) is 49.9 Å². The van der Waals surface area contributed by atoms with Crippen LogP contribution in [0.5, 0.6) is 0 Å². The van der Waals surface area contributed by atoms with E-state index in [0.29, 0.717) is 53.1 Å². The summed E-state index contributed by atoms with van der Waals surface area (Å²) in [5.74, 6) is -0.437. The van der Waals surface area contributed by atoms with Gasteiger partial charge in [0.05, 0.1) is 10.7 Å². The summed E-state index contributed by atoms with van der Waals surface area (Å²) in [7, 11) is -4.28. The molecule has 220 valence electrons. The van der Waals surface area contributed by atoms with Gasteiger partial charge in [-0.15, -0.1) is 11.3 Å². The summed E-state index contributed by atoms with van der Waals surface area (Å²) in [6.45, 7) is 1.22. The van der Waals surface area contributed by atoms with Gasteiger partial charge < -0.3 is 9.74 Å². The molecule has 41 heavy (non-hydrogen) atoms. The largest absolute Gasteiger partial charge is 0.387 e. The van der Waals surface area contributed by atoms with Crippen LogP contribution >= 0.6 is 22.9 Å². The molecule has 1 fully saturated rings. The summed E-state index contributed by atoms with van der Waals surface area (Å²) in [5.41, 5.74) is 0.722. The lowest BCUT2D eigenvalue weighted by Crippen LogP contribution is -2.28. The van der Waals surface area contributed by atoms with E-state index in [1.165, 1.54) is 17.5 Å². The molecule has 1 atom stereocenters. The summed E-state index contributed by atoms with van der Waals surface area (Å²) in [6.07, 6.45) is -1.86. The molecule has 1 aromatic carbocycles. The summed E-state index contributed by atoms with van der Waals surface area (Å²) in [6, 6.07) is 5.48. The van der Waals surface area contributed by atoms with Gasteiger partial charge in [-0.2, -0.15) is 13.5 Å². The normalized spacial score (nSPS) is 18.6. The van der Waals surface area contributed by atoms with Gasteiger partial charge in [0.25, 0.3) is 23.0 Å². The topological polar surface area (TPSA) is 110 Å². The van der Waals surface area contributed by atoms with Gasteiger partial charge in [-0.05, 0) is 30.5 Å². The molecule has 16 heteroatoms.